The minimum Gasteiger partial charge on any atom is -0.479 e. The Kier molecular flexibility index (Phi) is 6.44. The molecule has 0 bridgehead atoms. The SMILES string of the molecule is O=C(NC1(C(=O)NC2CCOC2C(=O)O)CCOCC1)OCC1c2ccccc2-c2ccccc21. The van der Waals surface area contributed by atoms with E-state index >= 15 is 0 Å². The fourth-order valence-electron chi connectivity index (χ4n) is 5.25. The highest BCUT2D eigenvalue weighted by Gasteiger charge is 2.45. The Morgan fingerprint density at radius 2 is 1.60 bits per heavy atom. The summed E-state index contributed by atoms with van der Waals surface area (Å²) in [5.41, 5.74) is 3.21. The van der Waals surface area contributed by atoms with Gasteiger partial charge in [0, 0.05) is 38.6 Å². The van der Waals surface area contributed by atoms with E-state index in [1.165, 1.54) is 0 Å². The number of fused-ring (bicyclic) bond motifs is 3. The number of carbonyl (C=O) groups is 3. The molecule has 0 spiro atoms. The van der Waals surface area contributed by atoms with Crippen molar-refractivity contribution in [2.45, 2.75) is 42.9 Å². The molecule has 2 heterocycles. The van der Waals surface area contributed by atoms with Crippen molar-refractivity contribution in [3.8, 4) is 11.1 Å². The molecule has 184 valence electrons. The smallest absolute Gasteiger partial charge is 0.408 e. The molecule has 2 aromatic rings. The van der Waals surface area contributed by atoms with Gasteiger partial charge in [0.15, 0.2) is 6.10 Å². The van der Waals surface area contributed by atoms with Crippen LogP contribution in [-0.4, -0.2) is 67.2 Å². The van der Waals surface area contributed by atoms with Gasteiger partial charge in [-0.15, -0.1) is 0 Å². The van der Waals surface area contributed by atoms with E-state index in [4.69, 9.17) is 14.2 Å². The van der Waals surface area contributed by atoms with Gasteiger partial charge in [0.05, 0.1) is 6.04 Å². The van der Waals surface area contributed by atoms with Crippen molar-refractivity contribution in [3.63, 3.8) is 0 Å². The summed E-state index contributed by atoms with van der Waals surface area (Å²) in [4.78, 5) is 37.6. The third-order valence-electron chi connectivity index (χ3n) is 7.12. The van der Waals surface area contributed by atoms with E-state index in [0.29, 0.717) is 19.6 Å². The first-order chi connectivity index (χ1) is 17.0. The Hall–Kier alpha value is -3.43. The number of alkyl carbamates (subject to hydrolysis) is 1. The summed E-state index contributed by atoms with van der Waals surface area (Å²) in [6.45, 7) is 0.963. The Balaban J connectivity index is 1.28. The molecule has 2 atom stereocenters. The maximum absolute atomic E-state index is 13.3. The van der Waals surface area contributed by atoms with Gasteiger partial charge in [0.25, 0.3) is 0 Å². The van der Waals surface area contributed by atoms with Crippen LogP contribution in [0.1, 0.15) is 36.3 Å². The number of ether oxygens (including phenoxy) is 3. The second kappa shape index (κ2) is 9.67. The minimum absolute atomic E-state index is 0.0976. The van der Waals surface area contributed by atoms with Crippen LogP contribution in [0.15, 0.2) is 48.5 Å². The molecule has 5 rings (SSSR count). The zero-order valence-electron chi connectivity index (χ0n) is 19.2. The molecular formula is C26H28N2O7. The van der Waals surface area contributed by atoms with Crippen LogP contribution in [0.3, 0.4) is 0 Å². The quantitative estimate of drug-likeness (QED) is 0.580. The second-order valence-corrected chi connectivity index (χ2v) is 9.14. The average Bonchev–Trinajstić information content (AvgIpc) is 3.46. The molecule has 2 amide bonds. The predicted octanol–water partition coefficient (Wildman–Crippen LogP) is 2.43. The molecule has 0 saturated carbocycles. The normalized spacial score (nSPS) is 22.6. The van der Waals surface area contributed by atoms with E-state index in [-0.39, 0.29) is 32.0 Å². The average molecular weight is 481 g/mol. The van der Waals surface area contributed by atoms with E-state index < -0.39 is 35.7 Å². The fourth-order valence-corrected chi connectivity index (χ4v) is 5.25. The maximum atomic E-state index is 13.3. The highest BCUT2D eigenvalue weighted by molar-refractivity contribution is 5.91. The Bertz CT molecular complexity index is 1080. The molecule has 1 aliphatic carbocycles. The maximum Gasteiger partial charge on any atom is 0.408 e. The number of carbonyl (C=O) groups excluding carboxylic acids is 2. The van der Waals surface area contributed by atoms with Crippen LogP contribution in [-0.2, 0) is 23.8 Å². The summed E-state index contributed by atoms with van der Waals surface area (Å²) in [5.74, 6) is -1.67. The summed E-state index contributed by atoms with van der Waals surface area (Å²) >= 11 is 0. The lowest BCUT2D eigenvalue weighted by atomic mass is 9.88. The van der Waals surface area contributed by atoms with Crippen LogP contribution >= 0.6 is 0 Å². The topological polar surface area (TPSA) is 123 Å². The molecule has 9 nitrogen and oxygen atoms in total. The standard InChI is InChI=1S/C26H28N2O7/c29-23(30)22-21(9-12-34-22)27-24(31)26(10-13-33-14-11-26)28-25(32)35-15-20-18-7-3-1-5-16(18)17-6-2-4-8-19(17)20/h1-8,20-22H,9-15H2,(H,27,31)(H,28,32)(H,29,30). The molecule has 2 aliphatic heterocycles. The number of hydrogen-bond donors (Lipinski definition) is 3. The molecule has 3 N–H and O–H groups in total. The number of rotatable bonds is 6. The van der Waals surface area contributed by atoms with E-state index in [1.807, 2.05) is 36.4 Å². The Morgan fingerprint density at radius 3 is 2.23 bits per heavy atom. The molecule has 2 aromatic carbocycles. The first-order valence-electron chi connectivity index (χ1n) is 11.8. The highest BCUT2D eigenvalue weighted by atomic mass is 16.5. The van der Waals surface area contributed by atoms with Gasteiger partial charge in [-0.3, -0.25) is 4.79 Å². The lowest BCUT2D eigenvalue weighted by molar-refractivity contribution is -0.148. The monoisotopic (exact) mass is 480 g/mol. The number of carboxylic acids is 1. The number of nitrogens with one attached hydrogen (secondary N) is 2. The summed E-state index contributed by atoms with van der Waals surface area (Å²) in [6, 6.07) is 15.5. The zero-order valence-corrected chi connectivity index (χ0v) is 19.2. The minimum atomic E-state index is -1.24. The van der Waals surface area contributed by atoms with Crippen LogP contribution in [0, 0.1) is 0 Å². The fraction of sp³-hybridized carbons (Fsp3) is 0.423. The van der Waals surface area contributed by atoms with Crippen LogP contribution in [0.4, 0.5) is 4.79 Å². The molecule has 2 unspecified atom stereocenters. The lowest BCUT2D eigenvalue weighted by Crippen LogP contribution is -2.63. The number of carboxylic acid groups (broad SMARTS) is 1. The van der Waals surface area contributed by atoms with Crippen molar-refractivity contribution < 1.29 is 33.7 Å². The van der Waals surface area contributed by atoms with Crippen molar-refractivity contribution in [2.75, 3.05) is 26.4 Å². The Labute approximate surface area is 202 Å². The van der Waals surface area contributed by atoms with Gasteiger partial charge in [-0.25, -0.2) is 9.59 Å². The third kappa shape index (κ3) is 4.49. The van der Waals surface area contributed by atoms with Gasteiger partial charge in [-0.1, -0.05) is 48.5 Å². The number of benzene rings is 2. The van der Waals surface area contributed by atoms with E-state index in [0.717, 1.165) is 22.3 Å². The second-order valence-electron chi connectivity index (χ2n) is 9.14. The zero-order chi connectivity index (χ0) is 24.4. The van der Waals surface area contributed by atoms with Gasteiger partial charge in [-0.2, -0.15) is 0 Å². The van der Waals surface area contributed by atoms with Gasteiger partial charge >= 0.3 is 12.1 Å². The molecule has 2 saturated heterocycles. The third-order valence-corrected chi connectivity index (χ3v) is 7.12. The first-order valence-corrected chi connectivity index (χ1v) is 11.8. The van der Waals surface area contributed by atoms with E-state index in [1.54, 1.807) is 0 Å². The molecular weight excluding hydrogens is 452 g/mol. The lowest BCUT2D eigenvalue weighted by Gasteiger charge is -2.37. The number of amides is 2. The van der Waals surface area contributed by atoms with Gasteiger partial charge in [0.1, 0.15) is 12.1 Å². The Morgan fingerprint density at radius 1 is 0.971 bits per heavy atom. The van der Waals surface area contributed by atoms with Crippen molar-refractivity contribution in [2.24, 2.45) is 0 Å². The molecule has 2 fully saturated rings. The van der Waals surface area contributed by atoms with Crippen molar-refractivity contribution in [1.82, 2.24) is 10.6 Å². The van der Waals surface area contributed by atoms with Gasteiger partial charge in [-0.05, 0) is 28.7 Å². The number of hydrogen-bond acceptors (Lipinski definition) is 6. The van der Waals surface area contributed by atoms with Crippen molar-refractivity contribution in [3.05, 3.63) is 59.7 Å². The van der Waals surface area contributed by atoms with Gasteiger partial charge < -0.3 is 30.0 Å². The predicted molar refractivity (Wildman–Crippen MR) is 125 cm³/mol. The highest BCUT2D eigenvalue weighted by Crippen LogP contribution is 2.44. The summed E-state index contributed by atoms with van der Waals surface area (Å²) < 4.78 is 16.3. The van der Waals surface area contributed by atoms with Crippen LogP contribution in [0.2, 0.25) is 0 Å². The van der Waals surface area contributed by atoms with Crippen LogP contribution < -0.4 is 10.6 Å². The van der Waals surface area contributed by atoms with Crippen molar-refractivity contribution in [1.29, 1.82) is 0 Å². The summed E-state index contributed by atoms with van der Waals surface area (Å²) in [6.07, 6.45) is -0.894. The first kappa shape index (κ1) is 23.3. The molecule has 9 heteroatoms. The van der Waals surface area contributed by atoms with Gasteiger partial charge in [0.2, 0.25) is 5.91 Å². The van der Waals surface area contributed by atoms with Crippen LogP contribution in [0.25, 0.3) is 11.1 Å². The van der Waals surface area contributed by atoms with Crippen molar-refractivity contribution >= 4 is 18.0 Å². The van der Waals surface area contributed by atoms with E-state index in [9.17, 15) is 19.5 Å². The van der Waals surface area contributed by atoms with Crippen LogP contribution in [0.5, 0.6) is 0 Å². The largest absolute Gasteiger partial charge is 0.479 e. The molecule has 3 aliphatic rings. The molecule has 0 radical (unpaired) electrons. The summed E-state index contributed by atoms with van der Waals surface area (Å²) in [5, 5.41) is 14.9. The molecule has 35 heavy (non-hydrogen) atoms. The summed E-state index contributed by atoms with van der Waals surface area (Å²) in [7, 11) is 0. The molecule has 0 aromatic heterocycles. The van der Waals surface area contributed by atoms with E-state index in [2.05, 4.69) is 22.8 Å². The number of aliphatic carboxylic acids is 1.